The van der Waals surface area contributed by atoms with Crippen LogP contribution in [0, 0.1) is 10.6 Å². The lowest BCUT2D eigenvalue weighted by molar-refractivity contribution is 0.0690. The number of ether oxygens (including phenoxy) is 1. The summed E-state index contributed by atoms with van der Waals surface area (Å²) in [5.41, 5.74) is 0.781. The van der Waals surface area contributed by atoms with E-state index in [-0.39, 0.29) is 18.0 Å². The van der Waals surface area contributed by atoms with Gasteiger partial charge in [-0.05, 0) is 64.4 Å². The van der Waals surface area contributed by atoms with Crippen molar-refractivity contribution in [2.24, 2.45) is 0 Å². The maximum atomic E-state index is 13.4. The molecule has 0 saturated carbocycles. The van der Waals surface area contributed by atoms with Gasteiger partial charge in [-0.25, -0.2) is 13.9 Å². The molecule has 2 aromatic rings. The van der Waals surface area contributed by atoms with E-state index in [4.69, 9.17) is 22.1 Å². The van der Waals surface area contributed by atoms with Crippen LogP contribution in [0.5, 0.6) is 0 Å². The van der Waals surface area contributed by atoms with Gasteiger partial charge in [-0.15, -0.1) is 0 Å². The van der Waals surface area contributed by atoms with E-state index in [9.17, 15) is 9.18 Å². The molecule has 30 heavy (non-hydrogen) atoms. The van der Waals surface area contributed by atoms with Crippen molar-refractivity contribution in [3.8, 4) is 5.69 Å². The molecule has 1 unspecified atom stereocenters. The van der Waals surface area contributed by atoms with Gasteiger partial charge in [0, 0.05) is 31.9 Å². The predicted molar refractivity (Wildman–Crippen MR) is 115 cm³/mol. The molecule has 164 valence electrons. The molecule has 8 nitrogen and oxygen atoms in total. The van der Waals surface area contributed by atoms with Crippen LogP contribution in [0.4, 0.5) is 9.18 Å². The Hall–Kier alpha value is -2.30. The van der Waals surface area contributed by atoms with Gasteiger partial charge in [0.2, 0.25) is 4.77 Å². The Balaban J connectivity index is 1.82. The fraction of sp³-hybridized carbons (Fsp3) is 0.550. The number of halogens is 1. The van der Waals surface area contributed by atoms with Crippen molar-refractivity contribution >= 4 is 18.3 Å². The highest BCUT2D eigenvalue weighted by Crippen LogP contribution is 2.22. The van der Waals surface area contributed by atoms with Crippen molar-refractivity contribution in [2.75, 3.05) is 46.9 Å². The first kappa shape index (κ1) is 22.4. The number of hydrogen-bond acceptors (Lipinski definition) is 6. The first-order valence-corrected chi connectivity index (χ1v) is 10.5. The minimum Gasteiger partial charge on any atom is -0.450 e. The van der Waals surface area contributed by atoms with Crippen LogP contribution in [0.3, 0.4) is 0 Å². The van der Waals surface area contributed by atoms with Crippen molar-refractivity contribution in [1.82, 2.24) is 29.0 Å². The highest BCUT2D eigenvalue weighted by atomic mass is 32.1. The summed E-state index contributed by atoms with van der Waals surface area (Å²) < 4.78 is 22.8. The molecule has 0 bridgehead atoms. The van der Waals surface area contributed by atoms with Gasteiger partial charge in [0.25, 0.3) is 0 Å². The Morgan fingerprint density at radius 1 is 1.23 bits per heavy atom. The van der Waals surface area contributed by atoms with Crippen molar-refractivity contribution in [3.05, 3.63) is 40.7 Å². The minimum absolute atomic E-state index is 0.0127. The van der Waals surface area contributed by atoms with Crippen molar-refractivity contribution in [2.45, 2.75) is 26.6 Å². The third kappa shape index (κ3) is 4.88. The largest absolute Gasteiger partial charge is 0.450 e. The Bertz CT molecular complexity index is 918. The SMILES string of the molecule is CCOC(=O)N1CCN(Cn2nc(C(C)N(C)C)n(-c3ccc(F)cc3)c2=S)CC1. The molecule has 1 amide bonds. The summed E-state index contributed by atoms with van der Waals surface area (Å²) in [7, 11) is 3.96. The van der Waals surface area contributed by atoms with E-state index in [0.29, 0.717) is 44.2 Å². The monoisotopic (exact) mass is 436 g/mol. The van der Waals surface area contributed by atoms with Gasteiger partial charge in [0.15, 0.2) is 5.82 Å². The molecule has 3 rings (SSSR count). The number of hydrogen-bond donors (Lipinski definition) is 0. The number of nitrogens with zero attached hydrogens (tertiary/aromatic N) is 6. The Kier molecular flexibility index (Phi) is 7.22. The zero-order valence-electron chi connectivity index (χ0n) is 17.9. The van der Waals surface area contributed by atoms with E-state index in [1.165, 1.54) is 12.1 Å². The topological polar surface area (TPSA) is 58.8 Å². The second kappa shape index (κ2) is 9.67. The summed E-state index contributed by atoms with van der Waals surface area (Å²) in [5.74, 6) is 0.501. The minimum atomic E-state index is -0.292. The van der Waals surface area contributed by atoms with Crippen LogP contribution in [0.15, 0.2) is 24.3 Å². The number of benzene rings is 1. The molecule has 0 aliphatic carbocycles. The van der Waals surface area contributed by atoms with Crippen LogP contribution >= 0.6 is 12.2 Å². The van der Waals surface area contributed by atoms with Crippen molar-refractivity contribution in [1.29, 1.82) is 0 Å². The molecule has 0 spiro atoms. The number of amides is 1. The van der Waals surface area contributed by atoms with E-state index < -0.39 is 0 Å². The lowest BCUT2D eigenvalue weighted by Crippen LogP contribution is -2.49. The standard InChI is InChI=1S/C20H29FN6O2S/c1-5-29-20(28)25-12-10-24(11-13-25)14-26-19(30)27(17-8-6-16(21)7-9-17)18(22-26)15(2)23(3)4/h6-9,15H,5,10-14H2,1-4H3. The van der Waals surface area contributed by atoms with E-state index in [2.05, 4.69) is 16.7 Å². The van der Waals surface area contributed by atoms with Crippen LogP contribution in [0.2, 0.25) is 0 Å². The number of rotatable bonds is 6. The molecule has 1 aromatic heterocycles. The number of piperazine rings is 1. The van der Waals surface area contributed by atoms with Gasteiger partial charge in [-0.1, -0.05) is 0 Å². The third-order valence-electron chi connectivity index (χ3n) is 5.33. The normalized spacial score (nSPS) is 16.1. The van der Waals surface area contributed by atoms with E-state index >= 15 is 0 Å². The number of carbonyl (C=O) groups is 1. The highest BCUT2D eigenvalue weighted by Gasteiger charge is 2.24. The van der Waals surface area contributed by atoms with Gasteiger partial charge in [-0.3, -0.25) is 14.4 Å². The molecule has 0 radical (unpaired) electrons. The number of carbonyl (C=O) groups excluding carboxylic acids is 1. The lowest BCUT2D eigenvalue weighted by atomic mass is 10.2. The Morgan fingerprint density at radius 3 is 2.43 bits per heavy atom. The fourth-order valence-corrected chi connectivity index (χ4v) is 3.62. The van der Waals surface area contributed by atoms with Crippen molar-refractivity contribution < 1.29 is 13.9 Å². The lowest BCUT2D eigenvalue weighted by Gasteiger charge is -2.33. The summed E-state index contributed by atoms with van der Waals surface area (Å²) in [6.07, 6.45) is -0.267. The predicted octanol–water partition coefficient (Wildman–Crippen LogP) is 2.90. The smallest absolute Gasteiger partial charge is 0.409 e. The van der Waals surface area contributed by atoms with Crippen LogP contribution in [-0.4, -0.2) is 82.0 Å². The summed E-state index contributed by atoms with van der Waals surface area (Å²) >= 11 is 5.74. The maximum absolute atomic E-state index is 13.4. The molecule has 1 saturated heterocycles. The van der Waals surface area contributed by atoms with Gasteiger partial charge in [0.05, 0.1) is 19.3 Å². The summed E-state index contributed by atoms with van der Waals surface area (Å²) in [6, 6.07) is 6.28. The van der Waals surface area contributed by atoms with Crippen LogP contribution in [-0.2, 0) is 11.4 Å². The first-order chi connectivity index (χ1) is 14.3. The van der Waals surface area contributed by atoms with E-state index in [1.54, 1.807) is 28.6 Å². The van der Waals surface area contributed by atoms with Crippen molar-refractivity contribution in [3.63, 3.8) is 0 Å². The molecule has 1 aromatic carbocycles. The fourth-order valence-electron chi connectivity index (χ4n) is 3.33. The molecule has 0 N–H and O–H groups in total. The number of aromatic nitrogens is 3. The zero-order chi connectivity index (χ0) is 21.8. The van der Waals surface area contributed by atoms with Gasteiger partial charge in [0.1, 0.15) is 5.82 Å². The molecule has 1 aliphatic rings. The zero-order valence-corrected chi connectivity index (χ0v) is 18.7. The van der Waals surface area contributed by atoms with Gasteiger partial charge in [-0.2, -0.15) is 5.10 Å². The second-order valence-electron chi connectivity index (χ2n) is 7.54. The summed E-state index contributed by atoms with van der Waals surface area (Å²) in [5, 5.41) is 4.80. The summed E-state index contributed by atoms with van der Waals surface area (Å²) in [6.45, 7) is 7.39. The van der Waals surface area contributed by atoms with Gasteiger partial charge < -0.3 is 9.64 Å². The third-order valence-corrected chi connectivity index (χ3v) is 5.72. The van der Waals surface area contributed by atoms with Crippen LogP contribution < -0.4 is 0 Å². The van der Waals surface area contributed by atoms with Crippen LogP contribution in [0.25, 0.3) is 5.69 Å². The van der Waals surface area contributed by atoms with Crippen LogP contribution in [0.1, 0.15) is 25.7 Å². The average molecular weight is 437 g/mol. The molecule has 1 aliphatic heterocycles. The Labute approximate surface area is 181 Å². The van der Waals surface area contributed by atoms with Gasteiger partial charge >= 0.3 is 6.09 Å². The van der Waals surface area contributed by atoms with E-state index in [0.717, 1.165) is 11.5 Å². The molecule has 1 atom stereocenters. The first-order valence-electron chi connectivity index (χ1n) is 10.1. The molecular weight excluding hydrogens is 407 g/mol. The molecule has 2 heterocycles. The maximum Gasteiger partial charge on any atom is 0.409 e. The summed E-state index contributed by atoms with van der Waals surface area (Å²) in [4.78, 5) is 17.9. The Morgan fingerprint density at radius 2 is 1.87 bits per heavy atom. The van der Waals surface area contributed by atoms with E-state index in [1.807, 2.05) is 18.7 Å². The quantitative estimate of drug-likeness (QED) is 0.649. The second-order valence-corrected chi connectivity index (χ2v) is 7.90. The average Bonchev–Trinajstić information content (AvgIpc) is 3.04. The molecule has 10 heteroatoms. The highest BCUT2D eigenvalue weighted by molar-refractivity contribution is 7.71. The molecule has 1 fully saturated rings. The molecular formula is C20H29FN6O2S.